The molecule has 22 heavy (non-hydrogen) atoms. The molecule has 4 nitrogen and oxygen atoms in total. The van der Waals surface area contributed by atoms with Crippen molar-refractivity contribution in [3.8, 4) is 0 Å². The van der Waals surface area contributed by atoms with Crippen molar-refractivity contribution in [2.45, 2.75) is 70.5 Å². The summed E-state index contributed by atoms with van der Waals surface area (Å²) in [6.07, 6.45) is 9.37. The Labute approximate surface area is 131 Å². The number of hydrogen-bond donors (Lipinski definition) is 0. The zero-order valence-electron chi connectivity index (χ0n) is 13.3. The van der Waals surface area contributed by atoms with Gasteiger partial charge >= 0.3 is 11.9 Å². The van der Waals surface area contributed by atoms with Gasteiger partial charge in [-0.1, -0.05) is 0 Å². The summed E-state index contributed by atoms with van der Waals surface area (Å²) in [5, 5.41) is 0. The summed E-state index contributed by atoms with van der Waals surface area (Å²) in [5.74, 6) is 0.985. The predicted molar refractivity (Wildman–Crippen MR) is 79.8 cm³/mol. The molecule has 0 N–H and O–H groups in total. The number of rotatable bonds is 4. The van der Waals surface area contributed by atoms with Crippen LogP contribution in [-0.2, 0) is 19.1 Å². The first-order chi connectivity index (χ1) is 10.6. The molecule has 0 spiro atoms. The van der Waals surface area contributed by atoms with Crippen LogP contribution in [0.1, 0.15) is 58.3 Å². The van der Waals surface area contributed by atoms with Gasteiger partial charge in [-0.05, 0) is 82.0 Å². The van der Waals surface area contributed by atoms with Gasteiger partial charge in [0.05, 0.1) is 0 Å². The maximum absolute atomic E-state index is 12.2. The molecule has 0 saturated heterocycles. The molecule has 6 unspecified atom stereocenters. The summed E-state index contributed by atoms with van der Waals surface area (Å²) in [5.41, 5.74) is 0. The molecule has 0 heterocycles. The molecule has 0 radical (unpaired) electrons. The average Bonchev–Trinajstić information content (AvgIpc) is 3.26. The summed E-state index contributed by atoms with van der Waals surface area (Å²) in [6.45, 7) is 1.63. The maximum Gasteiger partial charge on any atom is 0.320 e. The van der Waals surface area contributed by atoms with Crippen molar-refractivity contribution in [1.82, 2.24) is 0 Å². The Balaban J connectivity index is 1.28. The van der Waals surface area contributed by atoms with E-state index in [0.29, 0.717) is 11.8 Å². The molecule has 0 aromatic heterocycles. The van der Waals surface area contributed by atoms with Crippen molar-refractivity contribution in [2.24, 2.45) is 29.6 Å². The molecule has 4 aliphatic rings. The second kappa shape index (κ2) is 5.54. The molecule has 0 aromatic carbocycles. The first-order valence-corrected chi connectivity index (χ1v) is 9.01. The average molecular weight is 306 g/mol. The normalized spacial score (nSPS) is 43.3. The minimum Gasteiger partial charge on any atom is -0.461 e. The van der Waals surface area contributed by atoms with Crippen LogP contribution in [0.15, 0.2) is 0 Å². The van der Waals surface area contributed by atoms with E-state index in [1.165, 1.54) is 38.5 Å². The molecule has 0 amide bonds. The van der Waals surface area contributed by atoms with Crippen LogP contribution >= 0.6 is 0 Å². The Hall–Kier alpha value is -1.06. The van der Waals surface area contributed by atoms with E-state index in [-0.39, 0.29) is 24.1 Å². The zero-order chi connectivity index (χ0) is 15.3. The third-order valence-electron chi connectivity index (χ3n) is 6.59. The fourth-order valence-corrected chi connectivity index (χ4v) is 5.26. The van der Waals surface area contributed by atoms with E-state index in [2.05, 4.69) is 0 Å². The third-order valence-corrected chi connectivity index (χ3v) is 6.59. The van der Waals surface area contributed by atoms with Gasteiger partial charge in [0.1, 0.15) is 12.2 Å². The highest BCUT2D eigenvalue weighted by molar-refractivity contribution is 5.94. The summed E-state index contributed by atoms with van der Waals surface area (Å²) in [7, 11) is 0. The summed E-state index contributed by atoms with van der Waals surface area (Å²) in [6, 6.07) is 0. The van der Waals surface area contributed by atoms with Crippen LogP contribution < -0.4 is 0 Å². The summed E-state index contributed by atoms with van der Waals surface area (Å²) < 4.78 is 11.2. The van der Waals surface area contributed by atoms with Crippen LogP contribution in [0.4, 0.5) is 0 Å². The topological polar surface area (TPSA) is 52.6 Å². The number of carbonyl (C=O) groups excluding carboxylic acids is 2. The first kappa shape index (κ1) is 14.5. The smallest absolute Gasteiger partial charge is 0.320 e. The monoisotopic (exact) mass is 306 g/mol. The minimum atomic E-state index is -0.779. The number of carbonyl (C=O) groups is 2. The van der Waals surface area contributed by atoms with Gasteiger partial charge in [0.25, 0.3) is 0 Å². The van der Waals surface area contributed by atoms with Crippen molar-refractivity contribution >= 4 is 11.9 Å². The Kier molecular flexibility index (Phi) is 3.66. The molecular weight excluding hydrogens is 280 g/mol. The van der Waals surface area contributed by atoms with Crippen molar-refractivity contribution < 1.29 is 19.1 Å². The molecule has 4 saturated carbocycles. The molecule has 4 bridgehead atoms. The van der Waals surface area contributed by atoms with Crippen LogP contribution in [0.5, 0.6) is 0 Å². The van der Waals surface area contributed by atoms with Crippen LogP contribution in [0.2, 0.25) is 0 Å². The maximum atomic E-state index is 12.2. The van der Waals surface area contributed by atoms with E-state index < -0.39 is 5.92 Å². The lowest BCUT2D eigenvalue weighted by molar-refractivity contribution is -0.169. The number of fused-ring (bicyclic) bond motifs is 4. The SMILES string of the molecule is CC(C(=O)OC1CC2CCC1C2)C(=O)OC1CC2CCC1C2. The highest BCUT2D eigenvalue weighted by Gasteiger charge is 2.44. The molecule has 122 valence electrons. The lowest BCUT2D eigenvalue weighted by atomic mass is 9.97. The highest BCUT2D eigenvalue weighted by Crippen LogP contribution is 2.47. The van der Waals surface area contributed by atoms with Crippen molar-refractivity contribution in [3.63, 3.8) is 0 Å². The quantitative estimate of drug-likeness (QED) is 0.591. The van der Waals surface area contributed by atoms with Gasteiger partial charge in [0.15, 0.2) is 5.92 Å². The van der Waals surface area contributed by atoms with Gasteiger partial charge in [-0.3, -0.25) is 9.59 Å². The van der Waals surface area contributed by atoms with Crippen molar-refractivity contribution in [3.05, 3.63) is 0 Å². The second-order valence-electron chi connectivity index (χ2n) is 8.02. The van der Waals surface area contributed by atoms with Crippen LogP contribution in [0.25, 0.3) is 0 Å². The van der Waals surface area contributed by atoms with Crippen molar-refractivity contribution in [1.29, 1.82) is 0 Å². The van der Waals surface area contributed by atoms with E-state index in [1.54, 1.807) is 6.92 Å². The fourth-order valence-electron chi connectivity index (χ4n) is 5.26. The Bertz CT molecular complexity index is 432. The second-order valence-corrected chi connectivity index (χ2v) is 8.02. The van der Waals surface area contributed by atoms with Crippen LogP contribution in [0.3, 0.4) is 0 Å². The van der Waals surface area contributed by atoms with Gasteiger partial charge in [0.2, 0.25) is 0 Å². The lowest BCUT2D eigenvalue weighted by Crippen LogP contribution is -2.34. The lowest BCUT2D eigenvalue weighted by Gasteiger charge is -2.25. The van der Waals surface area contributed by atoms with Gasteiger partial charge < -0.3 is 9.47 Å². The van der Waals surface area contributed by atoms with Gasteiger partial charge in [-0.25, -0.2) is 0 Å². The molecule has 4 aliphatic carbocycles. The van der Waals surface area contributed by atoms with Crippen LogP contribution in [0, 0.1) is 29.6 Å². The Morgan fingerprint density at radius 3 is 1.55 bits per heavy atom. The van der Waals surface area contributed by atoms with E-state index in [4.69, 9.17) is 9.47 Å². The highest BCUT2D eigenvalue weighted by atomic mass is 16.6. The third kappa shape index (κ3) is 2.55. The van der Waals surface area contributed by atoms with E-state index in [1.807, 2.05) is 0 Å². The Morgan fingerprint density at radius 2 is 1.23 bits per heavy atom. The Morgan fingerprint density at radius 1 is 0.773 bits per heavy atom. The largest absolute Gasteiger partial charge is 0.461 e. The standard InChI is InChI=1S/C18H26O4/c1-10(17(19)21-15-8-11-2-4-13(15)6-11)18(20)22-16-9-12-3-5-14(16)7-12/h10-16H,2-9H2,1H3. The first-order valence-electron chi connectivity index (χ1n) is 9.01. The summed E-state index contributed by atoms with van der Waals surface area (Å²) >= 11 is 0. The molecule has 0 aliphatic heterocycles. The van der Waals surface area contributed by atoms with E-state index in [9.17, 15) is 9.59 Å². The molecule has 0 aromatic rings. The number of ether oxygens (including phenoxy) is 2. The minimum absolute atomic E-state index is 0.0454. The zero-order valence-corrected chi connectivity index (χ0v) is 13.3. The molecule has 4 fully saturated rings. The van der Waals surface area contributed by atoms with Gasteiger partial charge in [0, 0.05) is 0 Å². The fraction of sp³-hybridized carbons (Fsp3) is 0.889. The van der Waals surface area contributed by atoms with Crippen molar-refractivity contribution in [2.75, 3.05) is 0 Å². The molecule has 6 atom stereocenters. The van der Waals surface area contributed by atoms with Gasteiger partial charge in [-0.2, -0.15) is 0 Å². The number of esters is 2. The van der Waals surface area contributed by atoms with E-state index in [0.717, 1.165) is 24.7 Å². The van der Waals surface area contributed by atoms with Crippen LogP contribution in [-0.4, -0.2) is 24.1 Å². The number of hydrogen-bond acceptors (Lipinski definition) is 4. The molecule has 4 rings (SSSR count). The molecule has 4 heteroatoms. The van der Waals surface area contributed by atoms with E-state index >= 15 is 0 Å². The summed E-state index contributed by atoms with van der Waals surface area (Å²) in [4.78, 5) is 24.5. The predicted octanol–water partition coefficient (Wildman–Crippen LogP) is 3.09. The molecular formula is C18H26O4. The van der Waals surface area contributed by atoms with Gasteiger partial charge in [-0.15, -0.1) is 0 Å².